The van der Waals surface area contributed by atoms with E-state index in [4.69, 9.17) is 5.73 Å². The molecule has 7 heteroatoms. The van der Waals surface area contributed by atoms with Gasteiger partial charge >= 0.3 is 6.03 Å². The third-order valence-corrected chi connectivity index (χ3v) is 4.32. The van der Waals surface area contributed by atoms with E-state index < -0.39 is 0 Å². The molecule has 1 aromatic carbocycles. The molecule has 3 rings (SSSR count). The molecule has 3 aromatic rings. The van der Waals surface area contributed by atoms with Crippen LogP contribution in [-0.2, 0) is 13.0 Å². The van der Waals surface area contributed by atoms with Gasteiger partial charge in [-0.2, -0.15) is 0 Å². The zero-order valence-electron chi connectivity index (χ0n) is 15.5. The number of aromatic nitrogens is 2. The van der Waals surface area contributed by atoms with Crippen LogP contribution in [0, 0.1) is 0 Å². The van der Waals surface area contributed by atoms with Crippen molar-refractivity contribution in [2.75, 3.05) is 20.6 Å². The molecule has 0 saturated heterocycles. The zero-order valence-corrected chi connectivity index (χ0v) is 15.5. The monoisotopic (exact) mass is 365 g/mol. The van der Waals surface area contributed by atoms with Crippen LogP contribution in [-0.4, -0.2) is 47.0 Å². The van der Waals surface area contributed by atoms with Crippen molar-refractivity contribution < 1.29 is 9.59 Å². The van der Waals surface area contributed by atoms with Crippen LogP contribution in [0.3, 0.4) is 0 Å². The molecule has 0 unspecified atom stereocenters. The van der Waals surface area contributed by atoms with E-state index in [0.29, 0.717) is 24.2 Å². The molecule has 27 heavy (non-hydrogen) atoms. The number of carbonyl (C=O) groups excluding carboxylic acids is 2. The minimum Gasteiger partial charge on any atom is -0.332 e. The maximum Gasteiger partial charge on any atom is 0.317 e. The second-order valence-electron chi connectivity index (χ2n) is 6.47. The molecule has 2 heterocycles. The molecular formula is C20H23N5O2. The second-order valence-corrected chi connectivity index (χ2v) is 6.47. The quantitative estimate of drug-likeness (QED) is 0.723. The molecule has 0 fully saturated rings. The summed E-state index contributed by atoms with van der Waals surface area (Å²) in [4.78, 5) is 30.4. The highest BCUT2D eigenvalue weighted by atomic mass is 16.2. The number of para-hydroxylation sites is 1. The van der Waals surface area contributed by atoms with E-state index >= 15 is 0 Å². The Balaban J connectivity index is 1.89. The van der Waals surface area contributed by atoms with Crippen LogP contribution in [0.15, 0.2) is 48.8 Å². The SMILES string of the molecule is CN(C)C(=O)NCc1cc(C(=O)n2cc(CCN)c3ccccc32)ccn1. The average Bonchev–Trinajstić information content (AvgIpc) is 3.04. The van der Waals surface area contributed by atoms with Gasteiger partial charge in [-0.05, 0) is 36.7 Å². The number of nitrogens with two attached hydrogens (primary N) is 1. The lowest BCUT2D eigenvalue weighted by Crippen LogP contribution is -2.34. The lowest BCUT2D eigenvalue weighted by atomic mass is 10.1. The summed E-state index contributed by atoms with van der Waals surface area (Å²) >= 11 is 0. The number of pyridine rings is 1. The van der Waals surface area contributed by atoms with Crippen molar-refractivity contribution in [2.24, 2.45) is 5.73 Å². The van der Waals surface area contributed by atoms with E-state index in [1.807, 2.05) is 30.5 Å². The van der Waals surface area contributed by atoms with Crippen LogP contribution in [0.1, 0.15) is 21.6 Å². The Morgan fingerprint density at radius 2 is 2.00 bits per heavy atom. The Hall–Kier alpha value is -3.19. The molecule has 0 aliphatic rings. The molecule has 0 aliphatic heterocycles. The van der Waals surface area contributed by atoms with Crippen LogP contribution in [0.5, 0.6) is 0 Å². The highest BCUT2D eigenvalue weighted by Crippen LogP contribution is 2.22. The van der Waals surface area contributed by atoms with Gasteiger partial charge in [0, 0.05) is 37.4 Å². The molecule has 3 N–H and O–H groups in total. The summed E-state index contributed by atoms with van der Waals surface area (Å²) in [5, 5.41) is 3.78. The topological polar surface area (TPSA) is 93.2 Å². The summed E-state index contributed by atoms with van der Waals surface area (Å²) in [5.74, 6) is -0.142. The number of carbonyl (C=O) groups is 2. The van der Waals surface area contributed by atoms with Crippen molar-refractivity contribution in [2.45, 2.75) is 13.0 Å². The van der Waals surface area contributed by atoms with E-state index in [1.165, 1.54) is 4.90 Å². The highest BCUT2D eigenvalue weighted by Gasteiger charge is 2.15. The van der Waals surface area contributed by atoms with Gasteiger partial charge in [0.25, 0.3) is 5.91 Å². The number of amides is 2. The maximum atomic E-state index is 13.1. The van der Waals surface area contributed by atoms with Crippen LogP contribution >= 0.6 is 0 Å². The maximum absolute atomic E-state index is 13.1. The van der Waals surface area contributed by atoms with Gasteiger partial charge in [-0.3, -0.25) is 14.3 Å². The van der Waals surface area contributed by atoms with Crippen molar-refractivity contribution in [1.29, 1.82) is 0 Å². The standard InChI is InChI=1S/C20H23N5O2/c1-24(2)20(27)23-12-16-11-14(8-10-22-16)19(26)25-13-15(7-9-21)17-5-3-4-6-18(17)25/h3-6,8,10-11,13H,7,9,12,21H2,1-2H3,(H,23,27). The van der Waals surface area contributed by atoms with Gasteiger partial charge in [0.05, 0.1) is 17.8 Å². The summed E-state index contributed by atoms with van der Waals surface area (Å²) < 4.78 is 1.65. The molecule has 0 bridgehead atoms. The van der Waals surface area contributed by atoms with E-state index in [2.05, 4.69) is 10.3 Å². The minimum atomic E-state index is -0.212. The van der Waals surface area contributed by atoms with E-state index in [-0.39, 0.29) is 18.5 Å². The number of fused-ring (bicyclic) bond motifs is 1. The normalized spacial score (nSPS) is 10.8. The number of urea groups is 1. The summed E-state index contributed by atoms with van der Waals surface area (Å²) in [7, 11) is 3.33. The fourth-order valence-corrected chi connectivity index (χ4v) is 2.94. The molecule has 0 atom stereocenters. The Kier molecular flexibility index (Phi) is 5.52. The molecule has 0 saturated carbocycles. The zero-order chi connectivity index (χ0) is 19.4. The fourth-order valence-electron chi connectivity index (χ4n) is 2.94. The third-order valence-electron chi connectivity index (χ3n) is 4.32. The molecule has 140 valence electrons. The first-order chi connectivity index (χ1) is 13.0. The average molecular weight is 365 g/mol. The Morgan fingerprint density at radius 1 is 1.22 bits per heavy atom. The summed E-state index contributed by atoms with van der Waals surface area (Å²) in [5.41, 5.74) is 8.74. The van der Waals surface area contributed by atoms with Crippen molar-refractivity contribution in [3.05, 3.63) is 65.6 Å². The van der Waals surface area contributed by atoms with Crippen molar-refractivity contribution >= 4 is 22.8 Å². The number of benzene rings is 1. The van der Waals surface area contributed by atoms with Crippen LogP contribution in [0.25, 0.3) is 10.9 Å². The van der Waals surface area contributed by atoms with E-state index in [0.717, 1.165) is 16.5 Å². The predicted molar refractivity (Wildman–Crippen MR) is 105 cm³/mol. The Bertz CT molecular complexity index is 977. The highest BCUT2D eigenvalue weighted by molar-refractivity contribution is 6.03. The first-order valence-corrected chi connectivity index (χ1v) is 8.75. The number of nitrogens with one attached hydrogen (secondary N) is 1. The van der Waals surface area contributed by atoms with Gasteiger partial charge in [0.15, 0.2) is 0 Å². The number of nitrogens with zero attached hydrogens (tertiary/aromatic N) is 3. The Labute approximate surface area is 157 Å². The summed E-state index contributed by atoms with van der Waals surface area (Å²) in [6.45, 7) is 0.774. The second kappa shape index (κ2) is 8.01. The fraction of sp³-hybridized carbons (Fsp3) is 0.250. The Morgan fingerprint density at radius 3 is 2.74 bits per heavy atom. The van der Waals surface area contributed by atoms with Crippen LogP contribution in [0.4, 0.5) is 4.79 Å². The van der Waals surface area contributed by atoms with E-state index in [9.17, 15) is 9.59 Å². The van der Waals surface area contributed by atoms with Gasteiger partial charge in [0.1, 0.15) is 0 Å². The molecule has 0 radical (unpaired) electrons. The first kappa shape index (κ1) is 18.6. The molecular weight excluding hydrogens is 342 g/mol. The van der Waals surface area contributed by atoms with Gasteiger partial charge in [-0.25, -0.2) is 4.79 Å². The minimum absolute atomic E-state index is 0.142. The van der Waals surface area contributed by atoms with Crippen LogP contribution < -0.4 is 11.1 Å². The first-order valence-electron chi connectivity index (χ1n) is 8.75. The lowest BCUT2D eigenvalue weighted by molar-refractivity contribution is 0.0964. The van der Waals surface area contributed by atoms with Gasteiger partial charge in [0.2, 0.25) is 0 Å². The van der Waals surface area contributed by atoms with Gasteiger partial charge < -0.3 is 16.0 Å². The van der Waals surface area contributed by atoms with Gasteiger partial charge in [-0.15, -0.1) is 0 Å². The predicted octanol–water partition coefficient (Wildman–Crippen LogP) is 2.00. The van der Waals surface area contributed by atoms with Crippen LogP contribution in [0.2, 0.25) is 0 Å². The molecule has 0 spiro atoms. The van der Waals surface area contributed by atoms with Crippen molar-refractivity contribution in [3.8, 4) is 0 Å². The molecule has 0 aliphatic carbocycles. The van der Waals surface area contributed by atoms with Crippen molar-refractivity contribution in [1.82, 2.24) is 19.8 Å². The smallest absolute Gasteiger partial charge is 0.317 e. The van der Waals surface area contributed by atoms with Crippen molar-refractivity contribution in [3.63, 3.8) is 0 Å². The largest absolute Gasteiger partial charge is 0.332 e. The lowest BCUT2D eigenvalue weighted by Gasteiger charge is -2.12. The molecule has 7 nitrogen and oxygen atoms in total. The molecule has 2 amide bonds. The number of rotatable bonds is 5. The van der Waals surface area contributed by atoms with Gasteiger partial charge in [-0.1, -0.05) is 18.2 Å². The summed E-state index contributed by atoms with van der Waals surface area (Å²) in [6.07, 6.45) is 4.14. The summed E-state index contributed by atoms with van der Waals surface area (Å²) in [6, 6.07) is 11.0. The number of hydrogen-bond acceptors (Lipinski definition) is 4. The molecule has 2 aromatic heterocycles. The number of hydrogen-bond donors (Lipinski definition) is 2. The van der Waals surface area contributed by atoms with E-state index in [1.54, 1.807) is 37.0 Å². The third kappa shape index (κ3) is 3.98.